The molecule has 0 bridgehead atoms. The van der Waals surface area contributed by atoms with E-state index in [1.165, 1.54) is 6.92 Å². The Kier molecular flexibility index (Phi) is 6.61. The van der Waals surface area contributed by atoms with E-state index in [-0.39, 0.29) is 19.1 Å². The summed E-state index contributed by atoms with van der Waals surface area (Å²) in [6.07, 6.45) is 1.26. The van der Waals surface area contributed by atoms with Gasteiger partial charge in [-0.2, -0.15) is 0 Å². The second-order valence-electron chi connectivity index (χ2n) is 9.49. The molecule has 34 heavy (non-hydrogen) atoms. The number of amides is 2. The van der Waals surface area contributed by atoms with Gasteiger partial charge in [-0.3, -0.25) is 9.59 Å². The predicted octanol–water partition coefficient (Wildman–Crippen LogP) is 3.18. The second-order valence-corrected chi connectivity index (χ2v) is 9.49. The Morgan fingerprint density at radius 2 is 1.59 bits per heavy atom. The van der Waals surface area contributed by atoms with Crippen LogP contribution in [0.25, 0.3) is 11.1 Å². The molecule has 1 unspecified atom stereocenters. The fraction of sp³-hybridized carbons (Fsp3) is 0.423. The molecule has 4 N–H and O–H groups in total. The van der Waals surface area contributed by atoms with Gasteiger partial charge in [-0.15, -0.1) is 0 Å². The molecule has 2 aliphatic carbocycles. The van der Waals surface area contributed by atoms with Gasteiger partial charge in [0.25, 0.3) is 0 Å². The summed E-state index contributed by atoms with van der Waals surface area (Å²) in [5.74, 6) is -1.69. The third-order valence-corrected chi connectivity index (χ3v) is 6.74. The molecular weight excluding hydrogens is 436 g/mol. The molecule has 0 heterocycles. The monoisotopic (exact) mass is 466 g/mol. The smallest absolute Gasteiger partial charge is 0.408 e. The average Bonchev–Trinajstić information content (AvgIpc) is 3.39. The van der Waals surface area contributed by atoms with Gasteiger partial charge >= 0.3 is 12.1 Å². The molecule has 180 valence electrons. The summed E-state index contributed by atoms with van der Waals surface area (Å²) in [5.41, 5.74) is 1.74. The molecule has 0 aliphatic heterocycles. The lowest BCUT2D eigenvalue weighted by Gasteiger charge is -2.30. The van der Waals surface area contributed by atoms with E-state index in [2.05, 4.69) is 22.8 Å². The minimum atomic E-state index is -1.59. The van der Waals surface area contributed by atoms with Gasteiger partial charge in [0.15, 0.2) is 0 Å². The molecule has 0 saturated heterocycles. The van der Waals surface area contributed by atoms with Gasteiger partial charge < -0.3 is 25.6 Å². The van der Waals surface area contributed by atoms with Gasteiger partial charge in [0.2, 0.25) is 5.91 Å². The largest absolute Gasteiger partial charge is 0.481 e. The lowest BCUT2D eigenvalue weighted by molar-refractivity contribution is -0.142. The Bertz CT molecular complexity index is 1040. The summed E-state index contributed by atoms with van der Waals surface area (Å²) >= 11 is 0. The fourth-order valence-corrected chi connectivity index (χ4v) is 5.05. The summed E-state index contributed by atoms with van der Waals surface area (Å²) in [6, 6.07) is 16.1. The molecular formula is C26H30N2O6. The first kappa shape index (κ1) is 23.8. The number of carboxylic acids is 1. The van der Waals surface area contributed by atoms with Crippen LogP contribution in [-0.4, -0.2) is 52.5 Å². The maximum absolute atomic E-state index is 13.0. The molecule has 2 aliphatic rings. The minimum absolute atomic E-state index is 0.0855. The van der Waals surface area contributed by atoms with Crippen molar-refractivity contribution in [2.24, 2.45) is 0 Å². The average molecular weight is 467 g/mol. The highest BCUT2D eigenvalue weighted by Crippen LogP contribution is 2.44. The third kappa shape index (κ3) is 4.92. The van der Waals surface area contributed by atoms with Gasteiger partial charge in [-0.05, 0) is 42.0 Å². The van der Waals surface area contributed by atoms with Crippen LogP contribution in [0, 0.1) is 0 Å². The van der Waals surface area contributed by atoms with Crippen molar-refractivity contribution in [3.63, 3.8) is 0 Å². The van der Waals surface area contributed by atoms with Crippen LogP contribution in [0.3, 0.4) is 0 Å². The molecule has 0 spiro atoms. The van der Waals surface area contributed by atoms with E-state index in [0.29, 0.717) is 12.8 Å². The highest BCUT2D eigenvalue weighted by Gasteiger charge is 2.43. The van der Waals surface area contributed by atoms with Crippen molar-refractivity contribution in [3.8, 4) is 11.1 Å². The van der Waals surface area contributed by atoms with E-state index in [1.807, 2.05) is 36.4 Å². The first-order chi connectivity index (χ1) is 16.2. The molecule has 2 aromatic rings. The Hall–Kier alpha value is -3.39. The molecule has 0 aromatic heterocycles. The van der Waals surface area contributed by atoms with Crippen LogP contribution in [0.4, 0.5) is 4.79 Å². The van der Waals surface area contributed by atoms with E-state index in [1.54, 1.807) is 0 Å². The van der Waals surface area contributed by atoms with Crippen molar-refractivity contribution in [1.29, 1.82) is 0 Å². The van der Waals surface area contributed by atoms with Gasteiger partial charge in [0, 0.05) is 12.5 Å². The number of aliphatic carboxylic acids is 1. The maximum Gasteiger partial charge on any atom is 0.408 e. The molecule has 1 saturated carbocycles. The topological polar surface area (TPSA) is 125 Å². The number of hydrogen-bond donors (Lipinski definition) is 4. The number of ether oxygens (including phenoxy) is 1. The lowest BCUT2D eigenvalue weighted by Crippen LogP contribution is -2.59. The first-order valence-corrected chi connectivity index (χ1v) is 11.6. The number of benzene rings is 2. The van der Waals surface area contributed by atoms with Crippen molar-refractivity contribution < 1.29 is 29.3 Å². The number of rotatable bonds is 8. The standard InChI is InChI=1S/C26H30N2O6/c1-25(33,14-22(29)30)16-27-23(31)26(12-6-7-13-26)28-24(32)34-15-21-19-10-4-2-8-17(19)18-9-3-5-11-20(18)21/h2-5,8-11,21,33H,6-7,12-16H2,1H3,(H,27,31)(H,28,32)(H,29,30). The van der Waals surface area contributed by atoms with E-state index in [0.717, 1.165) is 35.1 Å². The van der Waals surface area contributed by atoms with Crippen LogP contribution in [0.1, 0.15) is 56.1 Å². The number of hydrogen-bond acceptors (Lipinski definition) is 5. The van der Waals surface area contributed by atoms with E-state index < -0.39 is 35.5 Å². The van der Waals surface area contributed by atoms with Crippen LogP contribution in [0.15, 0.2) is 48.5 Å². The van der Waals surface area contributed by atoms with Gasteiger partial charge in [-0.25, -0.2) is 4.79 Å². The number of carbonyl (C=O) groups is 3. The third-order valence-electron chi connectivity index (χ3n) is 6.74. The Morgan fingerprint density at radius 3 is 2.15 bits per heavy atom. The molecule has 8 nitrogen and oxygen atoms in total. The van der Waals surface area contributed by atoms with Crippen LogP contribution in [0.5, 0.6) is 0 Å². The fourth-order valence-electron chi connectivity index (χ4n) is 5.05. The zero-order valence-electron chi connectivity index (χ0n) is 19.2. The maximum atomic E-state index is 13.0. The summed E-state index contributed by atoms with van der Waals surface area (Å²) in [4.78, 5) is 36.7. The van der Waals surface area contributed by atoms with Crippen molar-refractivity contribution in [3.05, 3.63) is 59.7 Å². The molecule has 1 atom stereocenters. The minimum Gasteiger partial charge on any atom is -0.481 e. The van der Waals surface area contributed by atoms with E-state index in [9.17, 15) is 19.5 Å². The Morgan fingerprint density at radius 1 is 1.03 bits per heavy atom. The zero-order chi connectivity index (χ0) is 24.3. The molecule has 8 heteroatoms. The quantitative estimate of drug-likeness (QED) is 0.474. The predicted molar refractivity (Wildman–Crippen MR) is 125 cm³/mol. The molecule has 4 rings (SSSR count). The number of carboxylic acid groups (broad SMARTS) is 1. The van der Waals surface area contributed by atoms with Gasteiger partial charge in [0.1, 0.15) is 12.1 Å². The number of alkyl carbamates (subject to hydrolysis) is 1. The van der Waals surface area contributed by atoms with Crippen LogP contribution < -0.4 is 10.6 Å². The van der Waals surface area contributed by atoms with Gasteiger partial charge in [0.05, 0.1) is 12.0 Å². The highest BCUT2D eigenvalue weighted by atomic mass is 16.5. The van der Waals surface area contributed by atoms with Crippen LogP contribution in [-0.2, 0) is 14.3 Å². The molecule has 2 amide bonds. The molecule has 0 radical (unpaired) electrons. The van der Waals surface area contributed by atoms with Crippen molar-refractivity contribution in [2.75, 3.05) is 13.2 Å². The van der Waals surface area contributed by atoms with E-state index in [4.69, 9.17) is 9.84 Å². The summed E-state index contributed by atoms with van der Waals surface area (Å²) < 4.78 is 5.62. The normalized spacial score (nSPS) is 17.8. The zero-order valence-corrected chi connectivity index (χ0v) is 19.2. The van der Waals surface area contributed by atoms with Crippen molar-refractivity contribution in [2.45, 2.75) is 56.1 Å². The van der Waals surface area contributed by atoms with Crippen molar-refractivity contribution >= 4 is 18.0 Å². The molecule has 1 fully saturated rings. The SMILES string of the molecule is CC(O)(CNC(=O)C1(NC(=O)OCC2c3ccccc3-c3ccccc32)CCCC1)CC(=O)O. The number of fused-ring (bicyclic) bond motifs is 3. The summed E-state index contributed by atoms with van der Waals surface area (Å²) in [5, 5.41) is 24.5. The van der Waals surface area contributed by atoms with Crippen molar-refractivity contribution in [1.82, 2.24) is 10.6 Å². The van der Waals surface area contributed by atoms with E-state index >= 15 is 0 Å². The van der Waals surface area contributed by atoms with Gasteiger partial charge in [-0.1, -0.05) is 61.4 Å². The Labute approximate surface area is 198 Å². The molecule has 2 aromatic carbocycles. The highest BCUT2D eigenvalue weighted by molar-refractivity contribution is 5.90. The van der Waals surface area contributed by atoms with Crippen LogP contribution >= 0.6 is 0 Å². The van der Waals surface area contributed by atoms with Crippen LogP contribution in [0.2, 0.25) is 0 Å². The number of carbonyl (C=O) groups excluding carboxylic acids is 2. The summed E-state index contributed by atoms with van der Waals surface area (Å²) in [6.45, 7) is 1.26. The Balaban J connectivity index is 1.40. The second kappa shape index (κ2) is 9.46. The summed E-state index contributed by atoms with van der Waals surface area (Å²) in [7, 11) is 0. The first-order valence-electron chi connectivity index (χ1n) is 11.6. The lowest BCUT2D eigenvalue weighted by atomic mass is 9.95. The number of aliphatic hydroxyl groups is 1. The number of nitrogens with one attached hydrogen (secondary N) is 2.